The second-order valence-corrected chi connectivity index (χ2v) is 4.88. The van der Waals surface area contributed by atoms with Crippen LogP contribution in [-0.4, -0.2) is 31.1 Å². The van der Waals surface area contributed by atoms with Crippen LogP contribution >= 0.6 is 36.4 Å². The fraction of sp³-hybridized carbons (Fsp3) is 0.538. The number of hydrogen-bond acceptors (Lipinski definition) is 2. The lowest BCUT2D eigenvalue weighted by Crippen LogP contribution is -2.44. The smallest absolute Gasteiger partial charge is 0.0438 e. The summed E-state index contributed by atoms with van der Waals surface area (Å²) in [5, 5.41) is 4.25. The molecule has 0 aliphatic carbocycles. The monoisotopic (exact) mass is 310 g/mol. The van der Waals surface area contributed by atoms with E-state index in [1.807, 2.05) is 6.92 Å². The van der Waals surface area contributed by atoms with Gasteiger partial charge in [-0.2, -0.15) is 0 Å². The number of rotatable bonds is 2. The minimum atomic E-state index is 0. The SMILES string of the molecule is Cc1ccc([C@@H](C)N2CCNCC2)cc1Cl.Cl.Cl. The van der Waals surface area contributed by atoms with Crippen LogP contribution in [0.5, 0.6) is 0 Å². The van der Waals surface area contributed by atoms with Crippen LogP contribution < -0.4 is 5.32 Å². The summed E-state index contributed by atoms with van der Waals surface area (Å²) in [7, 11) is 0. The highest BCUT2D eigenvalue weighted by atomic mass is 35.5. The minimum Gasteiger partial charge on any atom is -0.314 e. The van der Waals surface area contributed by atoms with E-state index in [1.165, 1.54) is 5.56 Å². The molecule has 0 spiro atoms. The highest BCUT2D eigenvalue weighted by Gasteiger charge is 2.18. The number of hydrogen-bond donors (Lipinski definition) is 1. The molecule has 1 saturated heterocycles. The van der Waals surface area contributed by atoms with Gasteiger partial charge < -0.3 is 5.32 Å². The first kappa shape index (κ1) is 18.0. The van der Waals surface area contributed by atoms with E-state index >= 15 is 0 Å². The highest BCUT2D eigenvalue weighted by molar-refractivity contribution is 6.31. The molecule has 104 valence electrons. The first-order chi connectivity index (χ1) is 7.68. The quantitative estimate of drug-likeness (QED) is 0.900. The Bertz CT molecular complexity index is 365. The molecule has 0 aromatic heterocycles. The Hall–Kier alpha value is 0.01000. The molecule has 0 saturated carbocycles. The Morgan fingerprint density at radius 1 is 1.22 bits per heavy atom. The number of benzene rings is 1. The van der Waals surface area contributed by atoms with Gasteiger partial charge in [0.1, 0.15) is 0 Å². The maximum atomic E-state index is 6.17. The maximum Gasteiger partial charge on any atom is 0.0438 e. The summed E-state index contributed by atoms with van der Waals surface area (Å²) in [6, 6.07) is 6.86. The van der Waals surface area contributed by atoms with Gasteiger partial charge in [-0.15, -0.1) is 24.8 Å². The van der Waals surface area contributed by atoms with Crippen LogP contribution in [-0.2, 0) is 0 Å². The first-order valence-electron chi connectivity index (χ1n) is 5.89. The van der Waals surface area contributed by atoms with Crippen LogP contribution in [0.1, 0.15) is 24.1 Å². The van der Waals surface area contributed by atoms with Gasteiger partial charge in [0.25, 0.3) is 0 Å². The van der Waals surface area contributed by atoms with Crippen molar-refractivity contribution in [3.05, 3.63) is 34.3 Å². The molecule has 1 heterocycles. The van der Waals surface area contributed by atoms with Crippen LogP contribution in [0.25, 0.3) is 0 Å². The normalized spacial score (nSPS) is 17.5. The number of nitrogens with one attached hydrogen (secondary N) is 1. The van der Waals surface area contributed by atoms with Gasteiger partial charge in [0.05, 0.1) is 0 Å². The zero-order chi connectivity index (χ0) is 11.5. The largest absolute Gasteiger partial charge is 0.314 e. The van der Waals surface area contributed by atoms with E-state index in [0.717, 1.165) is 36.8 Å². The predicted octanol–water partition coefficient (Wildman–Crippen LogP) is 3.46. The Morgan fingerprint density at radius 2 is 1.83 bits per heavy atom. The van der Waals surface area contributed by atoms with E-state index in [-0.39, 0.29) is 24.8 Å². The van der Waals surface area contributed by atoms with E-state index in [4.69, 9.17) is 11.6 Å². The second kappa shape index (κ2) is 8.23. The Balaban J connectivity index is 0.00000144. The molecule has 0 amide bonds. The van der Waals surface area contributed by atoms with Gasteiger partial charge >= 0.3 is 0 Å². The van der Waals surface area contributed by atoms with E-state index in [0.29, 0.717) is 6.04 Å². The number of halogens is 3. The number of nitrogens with zero attached hydrogens (tertiary/aromatic N) is 1. The van der Waals surface area contributed by atoms with Crippen molar-refractivity contribution in [3.8, 4) is 0 Å². The first-order valence-corrected chi connectivity index (χ1v) is 6.27. The lowest BCUT2D eigenvalue weighted by Gasteiger charge is -2.33. The predicted molar refractivity (Wildman–Crippen MR) is 83.5 cm³/mol. The van der Waals surface area contributed by atoms with Gasteiger partial charge in [0.15, 0.2) is 0 Å². The van der Waals surface area contributed by atoms with Crippen molar-refractivity contribution >= 4 is 36.4 Å². The summed E-state index contributed by atoms with van der Waals surface area (Å²) in [6.45, 7) is 8.71. The van der Waals surface area contributed by atoms with E-state index in [9.17, 15) is 0 Å². The van der Waals surface area contributed by atoms with E-state index < -0.39 is 0 Å². The summed E-state index contributed by atoms with van der Waals surface area (Å²) in [5.41, 5.74) is 2.47. The Morgan fingerprint density at radius 3 is 2.39 bits per heavy atom. The van der Waals surface area contributed by atoms with Crippen LogP contribution in [0, 0.1) is 6.92 Å². The third kappa shape index (κ3) is 4.29. The van der Waals surface area contributed by atoms with Gasteiger partial charge in [0.2, 0.25) is 0 Å². The zero-order valence-corrected chi connectivity index (χ0v) is 13.2. The fourth-order valence-electron chi connectivity index (χ4n) is 2.15. The van der Waals surface area contributed by atoms with Crippen molar-refractivity contribution < 1.29 is 0 Å². The van der Waals surface area contributed by atoms with Gasteiger partial charge in [-0.25, -0.2) is 0 Å². The average molecular weight is 312 g/mol. The maximum absolute atomic E-state index is 6.17. The Labute approximate surface area is 127 Å². The summed E-state index contributed by atoms with van der Waals surface area (Å²) in [6.07, 6.45) is 0. The van der Waals surface area contributed by atoms with Crippen molar-refractivity contribution in [3.63, 3.8) is 0 Å². The summed E-state index contributed by atoms with van der Waals surface area (Å²) < 4.78 is 0. The van der Waals surface area contributed by atoms with Crippen LogP contribution in [0.15, 0.2) is 18.2 Å². The molecule has 2 nitrogen and oxygen atoms in total. The molecule has 1 N–H and O–H groups in total. The molecule has 18 heavy (non-hydrogen) atoms. The van der Waals surface area contributed by atoms with Crippen LogP contribution in [0.3, 0.4) is 0 Å². The molecule has 0 radical (unpaired) electrons. The summed E-state index contributed by atoms with van der Waals surface area (Å²) in [4.78, 5) is 2.50. The third-order valence-electron chi connectivity index (χ3n) is 3.38. The fourth-order valence-corrected chi connectivity index (χ4v) is 2.34. The van der Waals surface area contributed by atoms with Crippen molar-refractivity contribution in [1.82, 2.24) is 10.2 Å². The third-order valence-corrected chi connectivity index (χ3v) is 3.78. The van der Waals surface area contributed by atoms with E-state index in [1.54, 1.807) is 0 Å². The lowest BCUT2D eigenvalue weighted by atomic mass is 10.0. The molecule has 5 heteroatoms. The molecule has 1 fully saturated rings. The van der Waals surface area contributed by atoms with E-state index in [2.05, 4.69) is 35.3 Å². The molecular weight excluding hydrogens is 291 g/mol. The molecular formula is C13H21Cl3N2. The standard InChI is InChI=1S/C13H19ClN2.2ClH/c1-10-3-4-12(9-13(10)14)11(2)16-7-5-15-6-8-16;;/h3-4,9,11,15H,5-8H2,1-2H3;2*1H/t11-;;/m1../s1. The van der Waals surface area contributed by atoms with Crippen molar-refractivity contribution in [1.29, 1.82) is 0 Å². The van der Waals surface area contributed by atoms with Crippen molar-refractivity contribution in [2.24, 2.45) is 0 Å². The second-order valence-electron chi connectivity index (χ2n) is 4.47. The molecule has 1 atom stereocenters. The molecule has 2 rings (SSSR count). The van der Waals surface area contributed by atoms with Crippen LogP contribution in [0.2, 0.25) is 5.02 Å². The molecule has 0 unspecified atom stereocenters. The van der Waals surface area contributed by atoms with Gasteiger partial charge in [-0.05, 0) is 31.0 Å². The zero-order valence-electron chi connectivity index (χ0n) is 10.8. The number of aryl methyl sites for hydroxylation is 1. The van der Waals surface area contributed by atoms with Crippen molar-refractivity contribution in [2.45, 2.75) is 19.9 Å². The summed E-state index contributed by atoms with van der Waals surface area (Å²) in [5.74, 6) is 0. The van der Waals surface area contributed by atoms with Crippen molar-refractivity contribution in [2.75, 3.05) is 26.2 Å². The average Bonchev–Trinajstić information content (AvgIpc) is 2.33. The van der Waals surface area contributed by atoms with Crippen LogP contribution in [0.4, 0.5) is 0 Å². The topological polar surface area (TPSA) is 15.3 Å². The highest BCUT2D eigenvalue weighted by Crippen LogP contribution is 2.25. The minimum absolute atomic E-state index is 0. The molecule has 1 aliphatic heterocycles. The van der Waals surface area contributed by atoms with Gasteiger partial charge in [-0.3, -0.25) is 4.90 Å². The molecule has 1 aromatic carbocycles. The summed E-state index contributed by atoms with van der Waals surface area (Å²) >= 11 is 6.17. The van der Waals surface area contributed by atoms with Gasteiger partial charge in [0, 0.05) is 37.2 Å². The molecule has 1 aliphatic rings. The van der Waals surface area contributed by atoms with Gasteiger partial charge in [-0.1, -0.05) is 23.7 Å². The molecule has 0 bridgehead atoms. The lowest BCUT2D eigenvalue weighted by molar-refractivity contribution is 0.185. The molecule has 1 aromatic rings. The Kier molecular flexibility index (Phi) is 8.24. The number of piperazine rings is 1.